The lowest BCUT2D eigenvalue weighted by molar-refractivity contribution is -0.122. The van der Waals surface area contributed by atoms with E-state index in [2.05, 4.69) is 10.2 Å². The molecule has 3 rings (SSSR count). The van der Waals surface area contributed by atoms with Crippen molar-refractivity contribution in [1.82, 2.24) is 10.2 Å². The van der Waals surface area contributed by atoms with Gasteiger partial charge >= 0.3 is 0 Å². The van der Waals surface area contributed by atoms with Crippen LogP contribution in [-0.2, 0) is 16.1 Å². The van der Waals surface area contributed by atoms with Crippen LogP contribution >= 0.6 is 11.3 Å². The second-order valence-corrected chi connectivity index (χ2v) is 6.85. The summed E-state index contributed by atoms with van der Waals surface area (Å²) in [6.07, 6.45) is 0.412. The summed E-state index contributed by atoms with van der Waals surface area (Å²) in [7, 11) is 0. The predicted octanol–water partition coefficient (Wildman–Crippen LogP) is 2.97. The second kappa shape index (κ2) is 8.37. The van der Waals surface area contributed by atoms with E-state index < -0.39 is 0 Å². The Hall–Kier alpha value is -1.76. The Labute approximate surface area is 145 Å². The smallest absolute Gasteiger partial charge is 0.221 e. The number of ether oxygens (including phenoxy) is 1. The Morgan fingerprint density at radius 3 is 2.92 bits per heavy atom. The number of hydrogen-bond donors (Lipinski definition) is 1. The van der Waals surface area contributed by atoms with Gasteiger partial charge in [-0.2, -0.15) is 0 Å². The van der Waals surface area contributed by atoms with E-state index in [1.54, 1.807) is 23.5 Å². The lowest BCUT2D eigenvalue weighted by Crippen LogP contribution is -2.40. The molecule has 2 aromatic rings. The molecule has 0 unspecified atom stereocenters. The number of rotatable bonds is 6. The van der Waals surface area contributed by atoms with Gasteiger partial charge in [0.05, 0.1) is 19.3 Å². The van der Waals surface area contributed by atoms with Gasteiger partial charge in [-0.1, -0.05) is 18.2 Å². The van der Waals surface area contributed by atoms with Gasteiger partial charge in [-0.3, -0.25) is 9.69 Å². The van der Waals surface area contributed by atoms with Crippen molar-refractivity contribution in [3.63, 3.8) is 0 Å². The summed E-state index contributed by atoms with van der Waals surface area (Å²) in [4.78, 5) is 15.3. The highest BCUT2D eigenvalue weighted by Gasteiger charge is 2.22. The summed E-state index contributed by atoms with van der Waals surface area (Å²) < 4.78 is 18.8. The largest absolute Gasteiger partial charge is 0.371 e. The summed E-state index contributed by atoms with van der Waals surface area (Å²) in [6.45, 7) is 3.47. The molecular weight excluding hydrogens is 327 g/mol. The minimum Gasteiger partial charge on any atom is -0.371 e. The molecule has 6 heteroatoms. The van der Waals surface area contributed by atoms with Crippen molar-refractivity contribution in [2.24, 2.45) is 0 Å². The molecule has 0 spiro atoms. The first-order valence-electron chi connectivity index (χ1n) is 8.09. The van der Waals surface area contributed by atoms with Crippen LogP contribution in [0.3, 0.4) is 0 Å². The SMILES string of the molecule is O=C(CCN1CCO[C@@H](c2ccc(F)cc2)C1)NCc1cccs1. The molecule has 0 radical (unpaired) electrons. The van der Waals surface area contributed by atoms with Crippen molar-refractivity contribution in [3.8, 4) is 0 Å². The first-order valence-corrected chi connectivity index (χ1v) is 8.97. The number of carbonyl (C=O) groups excluding carboxylic acids is 1. The molecule has 1 aromatic heterocycles. The van der Waals surface area contributed by atoms with Crippen LogP contribution < -0.4 is 5.32 Å². The number of morpholine rings is 1. The molecule has 1 amide bonds. The van der Waals surface area contributed by atoms with E-state index in [0.717, 1.165) is 23.5 Å². The molecule has 0 bridgehead atoms. The number of nitrogens with one attached hydrogen (secondary N) is 1. The third-order valence-corrected chi connectivity index (χ3v) is 4.96. The van der Waals surface area contributed by atoms with Gasteiger partial charge in [0.2, 0.25) is 5.91 Å². The quantitative estimate of drug-likeness (QED) is 0.873. The summed E-state index contributed by atoms with van der Waals surface area (Å²) >= 11 is 1.64. The number of carbonyl (C=O) groups is 1. The van der Waals surface area contributed by atoms with E-state index in [1.165, 1.54) is 12.1 Å². The van der Waals surface area contributed by atoms with Crippen LogP contribution in [-0.4, -0.2) is 37.0 Å². The van der Waals surface area contributed by atoms with Crippen LogP contribution in [0.15, 0.2) is 41.8 Å². The maximum Gasteiger partial charge on any atom is 0.221 e. The van der Waals surface area contributed by atoms with E-state index in [0.29, 0.717) is 26.1 Å². The van der Waals surface area contributed by atoms with Crippen LogP contribution in [0.4, 0.5) is 4.39 Å². The molecule has 0 aliphatic carbocycles. The Balaban J connectivity index is 1.43. The minimum atomic E-state index is -0.242. The third-order valence-electron chi connectivity index (χ3n) is 4.09. The third kappa shape index (κ3) is 4.87. The standard InChI is InChI=1S/C18H21FN2O2S/c19-15-5-3-14(4-6-15)17-13-21(9-10-23-17)8-7-18(22)20-12-16-2-1-11-24-16/h1-6,11,17H,7-10,12-13H2,(H,20,22)/t17-/m1/s1. The topological polar surface area (TPSA) is 41.6 Å². The molecule has 24 heavy (non-hydrogen) atoms. The highest BCUT2D eigenvalue weighted by molar-refractivity contribution is 7.09. The van der Waals surface area contributed by atoms with Gasteiger partial charge in [0, 0.05) is 30.9 Å². The fourth-order valence-electron chi connectivity index (χ4n) is 2.73. The number of benzene rings is 1. The van der Waals surface area contributed by atoms with Gasteiger partial charge in [0.1, 0.15) is 5.82 Å². The highest BCUT2D eigenvalue weighted by atomic mass is 32.1. The van der Waals surface area contributed by atoms with Gasteiger partial charge in [-0.05, 0) is 29.1 Å². The summed E-state index contributed by atoms with van der Waals surface area (Å²) in [6, 6.07) is 10.4. The highest BCUT2D eigenvalue weighted by Crippen LogP contribution is 2.22. The fraction of sp³-hybridized carbons (Fsp3) is 0.389. The molecule has 1 atom stereocenters. The van der Waals surface area contributed by atoms with E-state index >= 15 is 0 Å². The molecule has 128 valence electrons. The number of hydrogen-bond acceptors (Lipinski definition) is 4. The molecule has 2 heterocycles. The molecule has 0 saturated carbocycles. The van der Waals surface area contributed by atoms with Gasteiger partial charge in [-0.25, -0.2) is 4.39 Å². The minimum absolute atomic E-state index is 0.0615. The number of halogens is 1. The molecule has 4 nitrogen and oxygen atoms in total. The van der Waals surface area contributed by atoms with E-state index in [1.807, 2.05) is 17.5 Å². The van der Waals surface area contributed by atoms with Crippen LogP contribution in [0.2, 0.25) is 0 Å². The molecule has 1 saturated heterocycles. The lowest BCUT2D eigenvalue weighted by Gasteiger charge is -2.33. The van der Waals surface area contributed by atoms with Crippen molar-refractivity contribution in [2.45, 2.75) is 19.1 Å². The average molecular weight is 348 g/mol. The van der Waals surface area contributed by atoms with Crippen molar-refractivity contribution in [2.75, 3.05) is 26.2 Å². The van der Waals surface area contributed by atoms with Crippen LogP contribution in [0, 0.1) is 5.82 Å². The van der Waals surface area contributed by atoms with E-state index in [-0.39, 0.29) is 17.8 Å². The van der Waals surface area contributed by atoms with E-state index in [4.69, 9.17) is 4.74 Å². The predicted molar refractivity (Wildman–Crippen MR) is 92.3 cm³/mol. The number of nitrogens with zero attached hydrogens (tertiary/aromatic N) is 1. The normalized spacial score (nSPS) is 18.5. The molecule has 1 N–H and O–H groups in total. The zero-order chi connectivity index (χ0) is 16.8. The fourth-order valence-corrected chi connectivity index (χ4v) is 3.38. The first-order chi connectivity index (χ1) is 11.7. The van der Waals surface area contributed by atoms with Crippen LogP contribution in [0.25, 0.3) is 0 Å². The zero-order valence-electron chi connectivity index (χ0n) is 13.4. The van der Waals surface area contributed by atoms with Crippen molar-refractivity contribution in [1.29, 1.82) is 0 Å². The average Bonchev–Trinajstić information content (AvgIpc) is 3.13. The molecule has 1 aliphatic rings. The zero-order valence-corrected chi connectivity index (χ0v) is 14.2. The van der Waals surface area contributed by atoms with Gasteiger partial charge in [-0.15, -0.1) is 11.3 Å². The molecule has 1 aromatic carbocycles. The number of thiophene rings is 1. The van der Waals surface area contributed by atoms with Crippen molar-refractivity contribution in [3.05, 3.63) is 58.0 Å². The molecule has 1 aliphatic heterocycles. The monoisotopic (exact) mass is 348 g/mol. The molecule has 1 fully saturated rings. The summed E-state index contributed by atoms with van der Waals surface area (Å²) in [5.74, 6) is -0.179. The van der Waals surface area contributed by atoms with Gasteiger partial charge in [0.25, 0.3) is 0 Å². The maximum absolute atomic E-state index is 13.0. The summed E-state index contributed by atoms with van der Waals surface area (Å²) in [5, 5.41) is 4.95. The van der Waals surface area contributed by atoms with Crippen LogP contribution in [0.1, 0.15) is 23.0 Å². The number of amides is 1. The van der Waals surface area contributed by atoms with Crippen molar-refractivity contribution < 1.29 is 13.9 Å². The van der Waals surface area contributed by atoms with Crippen molar-refractivity contribution >= 4 is 17.2 Å². The lowest BCUT2D eigenvalue weighted by atomic mass is 10.1. The Morgan fingerprint density at radius 1 is 1.33 bits per heavy atom. The summed E-state index contributed by atoms with van der Waals surface area (Å²) in [5.41, 5.74) is 0.975. The Morgan fingerprint density at radius 2 is 2.17 bits per heavy atom. The Kier molecular flexibility index (Phi) is 5.96. The molecular formula is C18H21FN2O2S. The van der Waals surface area contributed by atoms with E-state index in [9.17, 15) is 9.18 Å². The maximum atomic E-state index is 13.0. The Bertz CT molecular complexity index is 646. The van der Waals surface area contributed by atoms with Gasteiger partial charge in [0.15, 0.2) is 0 Å². The first kappa shape index (κ1) is 17.1. The second-order valence-electron chi connectivity index (χ2n) is 5.82. The van der Waals surface area contributed by atoms with Crippen LogP contribution in [0.5, 0.6) is 0 Å². The van der Waals surface area contributed by atoms with Gasteiger partial charge < -0.3 is 10.1 Å².